The van der Waals surface area contributed by atoms with Crippen LogP contribution in [0, 0.1) is 11.8 Å². The number of rotatable bonds is 3. The van der Waals surface area contributed by atoms with Crippen LogP contribution in [0.5, 0.6) is 5.75 Å². The van der Waals surface area contributed by atoms with Crippen molar-refractivity contribution in [2.24, 2.45) is 11.8 Å². The van der Waals surface area contributed by atoms with E-state index >= 15 is 0 Å². The molecule has 1 aromatic carbocycles. The van der Waals surface area contributed by atoms with E-state index in [2.05, 4.69) is 19.2 Å². The Labute approximate surface area is 114 Å². The third-order valence-electron chi connectivity index (χ3n) is 4.01. The number of hydrogen-bond acceptors (Lipinski definition) is 2. The van der Waals surface area contributed by atoms with Gasteiger partial charge in [0, 0.05) is 12.6 Å². The van der Waals surface area contributed by atoms with Crippen LogP contribution in [0.2, 0.25) is 5.02 Å². The molecular weight excluding hydrogens is 246 g/mol. The van der Waals surface area contributed by atoms with E-state index in [4.69, 9.17) is 11.6 Å². The first-order chi connectivity index (χ1) is 8.56. The molecule has 0 amide bonds. The van der Waals surface area contributed by atoms with Crippen LogP contribution in [0.4, 0.5) is 0 Å². The van der Waals surface area contributed by atoms with Crippen molar-refractivity contribution in [1.29, 1.82) is 0 Å². The lowest BCUT2D eigenvalue weighted by atomic mass is 9.80. The molecule has 0 aromatic heterocycles. The highest BCUT2D eigenvalue weighted by atomic mass is 35.5. The summed E-state index contributed by atoms with van der Waals surface area (Å²) in [6, 6.07) is 6.02. The molecule has 2 N–H and O–H groups in total. The zero-order valence-electron chi connectivity index (χ0n) is 11.1. The van der Waals surface area contributed by atoms with Gasteiger partial charge in [0.25, 0.3) is 0 Å². The van der Waals surface area contributed by atoms with E-state index in [1.54, 1.807) is 6.07 Å². The van der Waals surface area contributed by atoms with Gasteiger partial charge in [-0.3, -0.25) is 0 Å². The van der Waals surface area contributed by atoms with Crippen LogP contribution in [-0.2, 0) is 6.54 Å². The van der Waals surface area contributed by atoms with Gasteiger partial charge in [0.05, 0.1) is 5.02 Å². The zero-order chi connectivity index (χ0) is 13.1. The van der Waals surface area contributed by atoms with Crippen LogP contribution in [0.3, 0.4) is 0 Å². The second-order valence-corrected chi connectivity index (χ2v) is 6.08. The van der Waals surface area contributed by atoms with E-state index in [1.807, 2.05) is 12.1 Å². The van der Waals surface area contributed by atoms with E-state index in [0.717, 1.165) is 23.9 Å². The Balaban J connectivity index is 1.89. The van der Waals surface area contributed by atoms with Crippen molar-refractivity contribution >= 4 is 11.6 Å². The smallest absolute Gasteiger partial charge is 0.134 e. The highest BCUT2D eigenvalue weighted by molar-refractivity contribution is 6.32. The van der Waals surface area contributed by atoms with Gasteiger partial charge in [-0.1, -0.05) is 31.5 Å². The second kappa shape index (κ2) is 5.94. The van der Waals surface area contributed by atoms with Crippen LogP contribution in [0.25, 0.3) is 0 Å². The molecular formula is C15H22ClNO. The fraction of sp³-hybridized carbons (Fsp3) is 0.600. The van der Waals surface area contributed by atoms with E-state index in [9.17, 15) is 5.11 Å². The minimum absolute atomic E-state index is 0.153. The van der Waals surface area contributed by atoms with Gasteiger partial charge in [0.15, 0.2) is 0 Å². The number of halogens is 1. The van der Waals surface area contributed by atoms with Gasteiger partial charge < -0.3 is 10.4 Å². The molecule has 2 nitrogen and oxygen atoms in total. The molecule has 1 aliphatic carbocycles. The molecule has 0 radical (unpaired) electrons. The van der Waals surface area contributed by atoms with Crippen LogP contribution in [-0.4, -0.2) is 11.1 Å². The molecule has 18 heavy (non-hydrogen) atoms. The Morgan fingerprint density at radius 1 is 1.33 bits per heavy atom. The quantitative estimate of drug-likeness (QED) is 0.869. The third-order valence-corrected chi connectivity index (χ3v) is 4.31. The predicted octanol–water partition coefficient (Wildman–Crippen LogP) is 3.96. The summed E-state index contributed by atoms with van der Waals surface area (Å²) in [6.07, 6.45) is 3.89. The lowest BCUT2D eigenvalue weighted by Crippen LogP contribution is -2.38. The van der Waals surface area contributed by atoms with Gasteiger partial charge in [-0.25, -0.2) is 0 Å². The summed E-state index contributed by atoms with van der Waals surface area (Å²) in [4.78, 5) is 0. The molecule has 1 saturated carbocycles. The summed E-state index contributed by atoms with van der Waals surface area (Å²) in [6.45, 7) is 5.49. The van der Waals surface area contributed by atoms with Crippen molar-refractivity contribution in [1.82, 2.24) is 5.32 Å². The number of phenolic OH excluding ortho intramolecular Hbond substituents is 1. The number of hydrogen-bond donors (Lipinski definition) is 2. The third kappa shape index (κ3) is 3.39. The number of phenols is 1. The van der Waals surface area contributed by atoms with Crippen LogP contribution < -0.4 is 5.32 Å². The molecule has 2 rings (SSSR count). The minimum atomic E-state index is 0.153. The Bertz CT molecular complexity index is 407. The molecule has 3 heteroatoms. The minimum Gasteiger partial charge on any atom is -0.506 e. The van der Waals surface area contributed by atoms with Gasteiger partial charge in [-0.2, -0.15) is 0 Å². The molecule has 0 bridgehead atoms. The molecule has 3 atom stereocenters. The molecule has 0 saturated heterocycles. The fourth-order valence-electron chi connectivity index (χ4n) is 2.88. The Morgan fingerprint density at radius 2 is 2.11 bits per heavy atom. The maximum atomic E-state index is 9.38. The lowest BCUT2D eigenvalue weighted by molar-refractivity contribution is 0.227. The van der Waals surface area contributed by atoms with Crippen molar-refractivity contribution in [3.05, 3.63) is 28.8 Å². The maximum Gasteiger partial charge on any atom is 0.134 e. The Morgan fingerprint density at radius 3 is 2.78 bits per heavy atom. The van der Waals surface area contributed by atoms with E-state index in [0.29, 0.717) is 11.1 Å². The molecule has 0 aliphatic heterocycles. The van der Waals surface area contributed by atoms with Crippen molar-refractivity contribution in [2.45, 2.75) is 45.7 Å². The molecule has 1 aliphatic rings. The van der Waals surface area contributed by atoms with Gasteiger partial charge in [0.2, 0.25) is 0 Å². The summed E-state index contributed by atoms with van der Waals surface area (Å²) in [5, 5.41) is 13.4. The molecule has 1 fully saturated rings. The summed E-state index contributed by atoms with van der Waals surface area (Å²) in [7, 11) is 0. The predicted molar refractivity (Wildman–Crippen MR) is 75.9 cm³/mol. The first-order valence-corrected chi connectivity index (χ1v) is 7.15. The summed E-state index contributed by atoms with van der Waals surface area (Å²) in [5.74, 6) is 1.75. The highest BCUT2D eigenvalue weighted by Crippen LogP contribution is 2.29. The first-order valence-electron chi connectivity index (χ1n) is 6.77. The van der Waals surface area contributed by atoms with Crippen molar-refractivity contribution in [3.63, 3.8) is 0 Å². The average molecular weight is 268 g/mol. The topological polar surface area (TPSA) is 32.3 Å². The van der Waals surface area contributed by atoms with E-state index in [-0.39, 0.29) is 5.75 Å². The van der Waals surface area contributed by atoms with Crippen LogP contribution in [0.15, 0.2) is 18.2 Å². The first kappa shape index (κ1) is 13.7. The number of benzene rings is 1. The highest BCUT2D eigenvalue weighted by Gasteiger charge is 2.24. The second-order valence-electron chi connectivity index (χ2n) is 5.67. The van der Waals surface area contributed by atoms with Gasteiger partial charge in [0.1, 0.15) is 5.75 Å². The molecule has 0 spiro atoms. The number of nitrogens with one attached hydrogen (secondary N) is 1. The van der Waals surface area contributed by atoms with Gasteiger partial charge in [-0.05, 0) is 48.8 Å². The number of aromatic hydroxyl groups is 1. The monoisotopic (exact) mass is 267 g/mol. The lowest BCUT2D eigenvalue weighted by Gasteiger charge is -2.33. The Kier molecular flexibility index (Phi) is 4.52. The van der Waals surface area contributed by atoms with Crippen LogP contribution in [0.1, 0.15) is 38.7 Å². The largest absolute Gasteiger partial charge is 0.506 e. The standard InChI is InChI=1S/C15H22ClNO/c1-10-3-5-14(11(2)7-10)17-9-12-4-6-15(18)13(16)8-12/h4,6,8,10-11,14,17-18H,3,5,7,9H2,1-2H3. The zero-order valence-corrected chi connectivity index (χ0v) is 11.9. The fourth-order valence-corrected chi connectivity index (χ4v) is 3.08. The van der Waals surface area contributed by atoms with Crippen molar-refractivity contribution in [3.8, 4) is 5.75 Å². The molecule has 0 heterocycles. The molecule has 100 valence electrons. The van der Waals surface area contributed by atoms with Crippen molar-refractivity contribution < 1.29 is 5.11 Å². The van der Waals surface area contributed by atoms with Gasteiger partial charge in [-0.15, -0.1) is 0 Å². The molecule has 1 aromatic rings. The average Bonchev–Trinajstić information content (AvgIpc) is 2.32. The van der Waals surface area contributed by atoms with E-state index < -0.39 is 0 Å². The van der Waals surface area contributed by atoms with Crippen molar-refractivity contribution in [2.75, 3.05) is 0 Å². The normalized spacial score (nSPS) is 28.3. The van der Waals surface area contributed by atoms with E-state index in [1.165, 1.54) is 19.3 Å². The summed E-state index contributed by atoms with van der Waals surface area (Å²) >= 11 is 5.91. The maximum absolute atomic E-state index is 9.38. The summed E-state index contributed by atoms with van der Waals surface area (Å²) in [5.41, 5.74) is 1.13. The van der Waals surface area contributed by atoms with Crippen LogP contribution >= 0.6 is 11.6 Å². The SMILES string of the molecule is CC1CCC(NCc2ccc(O)c(Cl)c2)C(C)C1. The Hall–Kier alpha value is -0.730. The van der Waals surface area contributed by atoms with Gasteiger partial charge >= 0.3 is 0 Å². The molecule has 3 unspecified atom stereocenters. The summed E-state index contributed by atoms with van der Waals surface area (Å²) < 4.78 is 0.